The maximum atomic E-state index is 12.2. The highest BCUT2D eigenvalue weighted by Crippen LogP contribution is 2.29. The third kappa shape index (κ3) is 5.78. The van der Waals surface area contributed by atoms with E-state index in [1.165, 1.54) is 11.2 Å². The lowest BCUT2D eigenvalue weighted by molar-refractivity contribution is -0.131. The maximum absolute atomic E-state index is 12.2. The molecule has 4 rings (SSSR count). The van der Waals surface area contributed by atoms with Crippen LogP contribution in [0.15, 0.2) is 97.1 Å². The van der Waals surface area contributed by atoms with Crippen LogP contribution in [-0.2, 0) is 22.5 Å². The summed E-state index contributed by atoms with van der Waals surface area (Å²) in [6.07, 6.45) is 0.533. The highest BCUT2D eigenvalue weighted by molar-refractivity contribution is 7.76. The van der Waals surface area contributed by atoms with Gasteiger partial charge in [0.05, 0.1) is 0 Å². The Hall–Kier alpha value is -3.32. The molecule has 0 aliphatic rings. The Morgan fingerprint density at radius 3 is 2.03 bits per heavy atom. The molecular formula is C28H26NO4S-. The predicted octanol–water partition coefficient (Wildman–Crippen LogP) is 5.24. The van der Waals surface area contributed by atoms with E-state index >= 15 is 0 Å². The van der Waals surface area contributed by atoms with E-state index in [4.69, 9.17) is 4.74 Å². The zero-order chi connectivity index (χ0) is 23.9. The van der Waals surface area contributed by atoms with Crippen LogP contribution >= 0.6 is 0 Å². The minimum Gasteiger partial charge on any atom is -0.760 e. The fraction of sp³-hybridized carbons (Fsp3) is 0.179. The molecule has 6 heteroatoms. The van der Waals surface area contributed by atoms with Gasteiger partial charge >= 0.3 is 5.97 Å². The number of ether oxygens (including phenoxy) is 1. The van der Waals surface area contributed by atoms with Crippen molar-refractivity contribution in [3.63, 3.8) is 0 Å². The average Bonchev–Trinajstić information content (AvgIpc) is 2.85. The second kappa shape index (κ2) is 11.2. The van der Waals surface area contributed by atoms with E-state index in [2.05, 4.69) is 0 Å². The van der Waals surface area contributed by atoms with Crippen molar-refractivity contribution in [1.82, 2.24) is 4.31 Å². The summed E-state index contributed by atoms with van der Waals surface area (Å²) < 4.78 is 31.3. The second-order valence-corrected chi connectivity index (χ2v) is 9.04. The van der Waals surface area contributed by atoms with Gasteiger partial charge in [0.15, 0.2) is 0 Å². The first-order valence-corrected chi connectivity index (χ1v) is 12.2. The predicted molar refractivity (Wildman–Crippen MR) is 134 cm³/mol. The lowest BCUT2D eigenvalue weighted by Gasteiger charge is -2.29. The van der Waals surface area contributed by atoms with Crippen molar-refractivity contribution in [2.75, 3.05) is 13.1 Å². The number of benzene rings is 4. The number of rotatable bonds is 9. The molecule has 0 bridgehead atoms. The fourth-order valence-electron chi connectivity index (χ4n) is 4.26. The van der Waals surface area contributed by atoms with E-state index in [0.717, 1.165) is 27.5 Å². The van der Waals surface area contributed by atoms with Gasteiger partial charge in [-0.25, -0.2) is 4.31 Å². The molecule has 0 aliphatic heterocycles. The molecule has 0 fully saturated rings. The largest absolute Gasteiger partial charge is 0.760 e. The molecule has 0 aliphatic carbocycles. The van der Waals surface area contributed by atoms with Gasteiger partial charge in [0.2, 0.25) is 0 Å². The zero-order valence-electron chi connectivity index (χ0n) is 18.9. The first kappa shape index (κ1) is 23.8. The molecule has 34 heavy (non-hydrogen) atoms. The van der Waals surface area contributed by atoms with Gasteiger partial charge in [-0.2, -0.15) is 0 Å². The Morgan fingerprint density at radius 1 is 0.853 bits per heavy atom. The minimum atomic E-state index is -2.38. The summed E-state index contributed by atoms with van der Waals surface area (Å²) in [6, 6.07) is 31.3. The molecule has 0 saturated heterocycles. The zero-order valence-corrected chi connectivity index (χ0v) is 19.7. The summed E-state index contributed by atoms with van der Waals surface area (Å²) in [4.78, 5) is 11.5. The van der Waals surface area contributed by atoms with Gasteiger partial charge < -0.3 is 9.29 Å². The summed E-state index contributed by atoms with van der Waals surface area (Å²) in [7, 11) is 0. The van der Waals surface area contributed by atoms with E-state index in [1.807, 2.05) is 91.0 Å². The summed E-state index contributed by atoms with van der Waals surface area (Å²) in [5, 5.41) is 1.77. The monoisotopic (exact) mass is 472 g/mol. The van der Waals surface area contributed by atoms with Crippen molar-refractivity contribution in [2.24, 2.45) is 0 Å². The van der Waals surface area contributed by atoms with Crippen LogP contribution in [0.1, 0.15) is 29.5 Å². The van der Waals surface area contributed by atoms with Crippen LogP contribution in [0.2, 0.25) is 0 Å². The topological polar surface area (TPSA) is 69.7 Å². The van der Waals surface area contributed by atoms with Gasteiger partial charge in [0.25, 0.3) is 0 Å². The molecular weight excluding hydrogens is 446 g/mol. The van der Waals surface area contributed by atoms with E-state index in [1.54, 1.807) is 6.07 Å². The number of carbonyl (C=O) groups excluding carboxylic acids is 1. The van der Waals surface area contributed by atoms with E-state index < -0.39 is 11.3 Å². The van der Waals surface area contributed by atoms with E-state index in [0.29, 0.717) is 25.3 Å². The molecule has 1 unspecified atom stereocenters. The number of hydrogen-bond acceptors (Lipinski definition) is 4. The Labute approximate surface area is 202 Å². The van der Waals surface area contributed by atoms with Gasteiger partial charge in [-0.1, -0.05) is 91.0 Å². The van der Waals surface area contributed by atoms with Crippen LogP contribution in [0.3, 0.4) is 0 Å². The molecule has 0 spiro atoms. The summed E-state index contributed by atoms with van der Waals surface area (Å²) in [6.45, 7) is 2.05. The van der Waals surface area contributed by atoms with Crippen LogP contribution in [0, 0.1) is 0 Å². The maximum Gasteiger partial charge on any atom is 0.308 e. The molecule has 0 aromatic heterocycles. The number of carbonyl (C=O) groups is 1. The summed E-state index contributed by atoms with van der Waals surface area (Å²) in [5.41, 5.74) is 3.14. The first-order valence-electron chi connectivity index (χ1n) is 11.2. The van der Waals surface area contributed by atoms with Gasteiger partial charge in [-0.3, -0.25) is 9.00 Å². The molecule has 174 valence electrons. The molecule has 5 nitrogen and oxygen atoms in total. The van der Waals surface area contributed by atoms with Gasteiger partial charge in [0.1, 0.15) is 5.75 Å². The van der Waals surface area contributed by atoms with Crippen molar-refractivity contribution >= 4 is 28.0 Å². The van der Waals surface area contributed by atoms with Gasteiger partial charge in [0, 0.05) is 42.6 Å². The standard InChI is InChI=1S/C28H27NO4S/c1-21(30)33-28-17-9-15-25-24(14-8-16-26(25)28)18-19-29(34(31)32)20-27(22-10-4-2-5-11-22)23-12-6-3-7-13-23/h2-17,27H,18-20H2,1H3,(H,31,32)/p-1. The Bertz CT molecular complexity index is 1240. The van der Waals surface area contributed by atoms with E-state index in [9.17, 15) is 13.6 Å². The van der Waals surface area contributed by atoms with Crippen molar-refractivity contribution in [3.8, 4) is 5.75 Å². The minimum absolute atomic E-state index is 0.0802. The van der Waals surface area contributed by atoms with E-state index in [-0.39, 0.29) is 11.9 Å². The second-order valence-electron chi connectivity index (χ2n) is 8.09. The number of hydrogen-bond donors (Lipinski definition) is 0. The number of fused-ring (bicyclic) bond motifs is 1. The molecule has 4 aromatic carbocycles. The molecule has 0 N–H and O–H groups in total. The number of esters is 1. The fourth-order valence-corrected chi connectivity index (χ4v) is 4.77. The smallest absolute Gasteiger partial charge is 0.308 e. The van der Waals surface area contributed by atoms with Crippen LogP contribution in [0.4, 0.5) is 0 Å². The third-order valence-electron chi connectivity index (χ3n) is 5.86. The highest BCUT2D eigenvalue weighted by Gasteiger charge is 2.19. The van der Waals surface area contributed by atoms with Crippen LogP contribution in [0.25, 0.3) is 10.8 Å². The van der Waals surface area contributed by atoms with Crippen molar-refractivity contribution < 1.29 is 18.3 Å². The Kier molecular flexibility index (Phi) is 7.85. The normalized spacial score (nSPS) is 12.2. The van der Waals surface area contributed by atoms with Gasteiger partial charge in [-0.15, -0.1) is 0 Å². The molecule has 0 heterocycles. The molecule has 1 atom stereocenters. The average molecular weight is 473 g/mol. The highest BCUT2D eigenvalue weighted by atomic mass is 32.2. The Morgan fingerprint density at radius 2 is 1.44 bits per heavy atom. The van der Waals surface area contributed by atoms with Crippen LogP contribution in [-0.4, -0.2) is 32.1 Å². The van der Waals surface area contributed by atoms with Crippen molar-refractivity contribution in [1.29, 1.82) is 0 Å². The molecule has 4 aromatic rings. The van der Waals surface area contributed by atoms with Gasteiger partial charge in [-0.05, 0) is 34.6 Å². The lowest BCUT2D eigenvalue weighted by atomic mass is 9.91. The Balaban J connectivity index is 1.59. The lowest BCUT2D eigenvalue weighted by Crippen LogP contribution is -2.32. The molecule has 0 saturated carbocycles. The summed E-state index contributed by atoms with van der Waals surface area (Å²) >= 11 is -2.38. The molecule has 0 radical (unpaired) electrons. The van der Waals surface area contributed by atoms with Crippen molar-refractivity contribution in [3.05, 3.63) is 114 Å². The summed E-state index contributed by atoms with van der Waals surface area (Å²) in [5.74, 6) is 0.0476. The van der Waals surface area contributed by atoms with Crippen LogP contribution < -0.4 is 4.74 Å². The third-order valence-corrected chi connectivity index (χ3v) is 6.61. The molecule has 0 amide bonds. The SMILES string of the molecule is CC(=O)Oc1cccc2c(CCN(CC(c3ccccc3)c3ccccc3)S(=O)[O-])cccc12. The quantitative estimate of drug-likeness (QED) is 0.190. The number of nitrogens with zero attached hydrogens (tertiary/aromatic N) is 1. The van der Waals surface area contributed by atoms with Crippen molar-refractivity contribution in [2.45, 2.75) is 19.3 Å². The first-order chi connectivity index (χ1) is 16.5. The van der Waals surface area contributed by atoms with Crippen LogP contribution in [0.5, 0.6) is 5.75 Å².